The fourth-order valence-electron chi connectivity index (χ4n) is 3.40. The zero-order chi connectivity index (χ0) is 20.4. The molecule has 0 saturated heterocycles. The van der Waals surface area contributed by atoms with Crippen LogP contribution in [0.2, 0.25) is 0 Å². The van der Waals surface area contributed by atoms with E-state index in [2.05, 4.69) is 15.3 Å². The van der Waals surface area contributed by atoms with Gasteiger partial charge in [-0.25, -0.2) is 4.98 Å². The van der Waals surface area contributed by atoms with Crippen molar-refractivity contribution in [1.29, 1.82) is 0 Å². The van der Waals surface area contributed by atoms with Crippen LogP contribution in [0.15, 0.2) is 60.9 Å². The number of nitrogens with one attached hydrogen (secondary N) is 1. The van der Waals surface area contributed by atoms with E-state index in [9.17, 15) is 9.59 Å². The molecule has 146 valence electrons. The standard InChI is InChI=1S/C22H21N5O2/c1-3-26(4-2)22(29)19-17-12-5-6-14-27(17)20(25-19)21(28)24-16-11-7-9-15-10-8-13-23-18(15)16/h5-14H,3-4H2,1-2H3,(H,24,28). The Balaban J connectivity index is 1.76. The maximum absolute atomic E-state index is 13.1. The minimum Gasteiger partial charge on any atom is -0.338 e. The van der Waals surface area contributed by atoms with E-state index in [0.29, 0.717) is 29.8 Å². The molecule has 0 saturated carbocycles. The summed E-state index contributed by atoms with van der Waals surface area (Å²) in [6.45, 7) is 4.98. The van der Waals surface area contributed by atoms with Gasteiger partial charge in [-0.2, -0.15) is 0 Å². The van der Waals surface area contributed by atoms with Gasteiger partial charge in [-0.15, -0.1) is 0 Å². The number of pyridine rings is 2. The molecule has 0 aliphatic heterocycles. The second kappa shape index (κ2) is 7.71. The Morgan fingerprint density at radius 2 is 1.83 bits per heavy atom. The second-order valence-corrected chi connectivity index (χ2v) is 6.55. The summed E-state index contributed by atoms with van der Waals surface area (Å²) in [4.78, 5) is 36.4. The average molecular weight is 387 g/mol. The van der Waals surface area contributed by atoms with E-state index in [4.69, 9.17) is 0 Å². The first-order chi connectivity index (χ1) is 14.1. The van der Waals surface area contributed by atoms with Gasteiger partial charge in [-0.05, 0) is 38.1 Å². The summed E-state index contributed by atoms with van der Waals surface area (Å²) in [6, 6.07) is 14.8. The summed E-state index contributed by atoms with van der Waals surface area (Å²) in [5.41, 5.74) is 2.17. The van der Waals surface area contributed by atoms with Crippen LogP contribution in [0.4, 0.5) is 5.69 Å². The largest absolute Gasteiger partial charge is 0.338 e. The zero-order valence-electron chi connectivity index (χ0n) is 16.3. The predicted octanol–water partition coefficient (Wildman–Crippen LogP) is 3.62. The van der Waals surface area contributed by atoms with Crippen molar-refractivity contribution in [3.63, 3.8) is 0 Å². The van der Waals surface area contributed by atoms with Crippen molar-refractivity contribution in [3.05, 3.63) is 72.4 Å². The third kappa shape index (κ3) is 3.31. The lowest BCUT2D eigenvalue weighted by Gasteiger charge is -2.17. The lowest BCUT2D eigenvalue weighted by atomic mass is 10.2. The highest BCUT2D eigenvalue weighted by molar-refractivity contribution is 6.08. The maximum atomic E-state index is 13.1. The van der Waals surface area contributed by atoms with Gasteiger partial charge >= 0.3 is 0 Å². The Kier molecular flexibility index (Phi) is 4.95. The molecule has 7 nitrogen and oxygen atoms in total. The first-order valence-electron chi connectivity index (χ1n) is 9.55. The number of carbonyl (C=O) groups excluding carboxylic acids is 2. The number of amides is 2. The molecule has 4 aromatic rings. The molecule has 1 N–H and O–H groups in total. The lowest BCUT2D eigenvalue weighted by Crippen LogP contribution is -2.31. The molecule has 0 bridgehead atoms. The Hall–Kier alpha value is -3.74. The second-order valence-electron chi connectivity index (χ2n) is 6.55. The van der Waals surface area contributed by atoms with Crippen LogP contribution in [0, 0.1) is 0 Å². The first kappa shape index (κ1) is 18.6. The number of hydrogen-bond donors (Lipinski definition) is 1. The molecule has 0 atom stereocenters. The smallest absolute Gasteiger partial charge is 0.292 e. The molecule has 4 rings (SSSR count). The molecular formula is C22H21N5O2. The van der Waals surface area contributed by atoms with Gasteiger partial charge in [-0.3, -0.25) is 19.0 Å². The van der Waals surface area contributed by atoms with Crippen molar-refractivity contribution in [3.8, 4) is 0 Å². The van der Waals surface area contributed by atoms with E-state index in [1.165, 1.54) is 0 Å². The number of carbonyl (C=O) groups is 2. The number of benzene rings is 1. The van der Waals surface area contributed by atoms with Crippen molar-refractivity contribution < 1.29 is 9.59 Å². The van der Waals surface area contributed by atoms with E-state index in [1.807, 2.05) is 44.2 Å². The van der Waals surface area contributed by atoms with Crippen LogP contribution in [0.25, 0.3) is 16.4 Å². The molecular weight excluding hydrogens is 366 g/mol. The number of anilines is 1. The minimum atomic E-state index is -0.400. The predicted molar refractivity (Wildman–Crippen MR) is 112 cm³/mol. The van der Waals surface area contributed by atoms with Gasteiger partial charge in [-0.1, -0.05) is 24.3 Å². The van der Waals surface area contributed by atoms with Gasteiger partial charge in [0.15, 0.2) is 5.69 Å². The molecule has 0 aliphatic rings. The monoisotopic (exact) mass is 387 g/mol. The number of rotatable bonds is 5. The summed E-state index contributed by atoms with van der Waals surface area (Å²) in [6.07, 6.45) is 3.42. The van der Waals surface area contributed by atoms with Gasteiger partial charge in [0, 0.05) is 30.9 Å². The highest BCUT2D eigenvalue weighted by Gasteiger charge is 2.24. The van der Waals surface area contributed by atoms with E-state index in [-0.39, 0.29) is 17.4 Å². The zero-order valence-corrected chi connectivity index (χ0v) is 16.3. The Labute approximate surface area is 168 Å². The van der Waals surface area contributed by atoms with Crippen molar-refractivity contribution in [1.82, 2.24) is 19.3 Å². The molecule has 7 heteroatoms. The maximum Gasteiger partial charge on any atom is 0.292 e. The van der Waals surface area contributed by atoms with Gasteiger partial charge in [0.2, 0.25) is 5.82 Å². The lowest BCUT2D eigenvalue weighted by molar-refractivity contribution is 0.0769. The normalized spacial score (nSPS) is 11.0. The van der Waals surface area contributed by atoms with Crippen molar-refractivity contribution in [2.75, 3.05) is 18.4 Å². The van der Waals surface area contributed by atoms with Gasteiger partial charge < -0.3 is 10.2 Å². The number of nitrogens with zero attached hydrogens (tertiary/aromatic N) is 4. The summed E-state index contributed by atoms with van der Waals surface area (Å²) in [5, 5.41) is 3.82. The van der Waals surface area contributed by atoms with E-state index < -0.39 is 5.91 Å². The SMILES string of the molecule is CCN(CC)C(=O)c1nc(C(=O)Nc2cccc3cccnc23)n2ccccc12. The van der Waals surface area contributed by atoms with Crippen molar-refractivity contribution >= 4 is 33.9 Å². The van der Waals surface area contributed by atoms with E-state index in [1.54, 1.807) is 39.9 Å². The third-order valence-corrected chi connectivity index (χ3v) is 4.89. The molecule has 0 radical (unpaired) electrons. The van der Waals surface area contributed by atoms with Gasteiger partial charge in [0.1, 0.15) is 0 Å². The van der Waals surface area contributed by atoms with Crippen LogP contribution in [-0.4, -0.2) is 44.2 Å². The van der Waals surface area contributed by atoms with Gasteiger partial charge in [0.25, 0.3) is 11.8 Å². The number of fused-ring (bicyclic) bond motifs is 2. The summed E-state index contributed by atoms with van der Waals surface area (Å²) < 4.78 is 1.64. The first-order valence-corrected chi connectivity index (χ1v) is 9.55. The van der Waals surface area contributed by atoms with Crippen LogP contribution < -0.4 is 5.32 Å². The molecule has 3 aromatic heterocycles. The van der Waals surface area contributed by atoms with Crippen LogP contribution in [0.1, 0.15) is 35.0 Å². The van der Waals surface area contributed by atoms with Gasteiger partial charge in [0.05, 0.1) is 16.7 Å². The van der Waals surface area contributed by atoms with Crippen LogP contribution in [0.3, 0.4) is 0 Å². The Morgan fingerprint density at radius 1 is 1.03 bits per heavy atom. The van der Waals surface area contributed by atoms with Crippen LogP contribution >= 0.6 is 0 Å². The molecule has 2 amide bonds. The molecule has 29 heavy (non-hydrogen) atoms. The highest BCUT2D eigenvalue weighted by Crippen LogP contribution is 2.22. The Morgan fingerprint density at radius 3 is 2.62 bits per heavy atom. The van der Waals surface area contributed by atoms with E-state index >= 15 is 0 Å². The average Bonchev–Trinajstić information content (AvgIpc) is 3.15. The highest BCUT2D eigenvalue weighted by atomic mass is 16.2. The third-order valence-electron chi connectivity index (χ3n) is 4.89. The Bertz CT molecular complexity index is 1210. The molecule has 0 spiro atoms. The summed E-state index contributed by atoms with van der Waals surface area (Å²) in [5.74, 6) is -0.434. The fraction of sp³-hybridized carbons (Fsp3) is 0.182. The van der Waals surface area contributed by atoms with Crippen LogP contribution in [0.5, 0.6) is 0 Å². The number of aromatic nitrogens is 3. The molecule has 0 unspecified atom stereocenters. The molecule has 3 heterocycles. The summed E-state index contributed by atoms with van der Waals surface area (Å²) >= 11 is 0. The molecule has 1 aromatic carbocycles. The molecule has 0 fully saturated rings. The number of para-hydroxylation sites is 1. The summed E-state index contributed by atoms with van der Waals surface area (Å²) in [7, 11) is 0. The number of imidazole rings is 1. The molecule has 0 aliphatic carbocycles. The quantitative estimate of drug-likeness (QED) is 0.567. The topological polar surface area (TPSA) is 79.6 Å². The van der Waals surface area contributed by atoms with Crippen molar-refractivity contribution in [2.45, 2.75) is 13.8 Å². The minimum absolute atomic E-state index is 0.157. The van der Waals surface area contributed by atoms with Crippen molar-refractivity contribution in [2.24, 2.45) is 0 Å². The number of hydrogen-bond acceptors (Lipinski definition) is 4. The van der Waals surface area contributed by atoms with E-state index in [0.717, 1.165) is 5.39 Å². The fourth-order valence-corrected chi connectivity index (χ4v) is 3.40. The van der Waals surface area contributed by atoms with Crippen LogP contribution in [-0.2, 0) is 0 Å².